The first-order chi connectivity index (χ1) is 8.75. The zero-order chi connectivity index (χ0) is 12.8. The number of rotatable bonds is 4. The summed E-state index contributed by atoms with van der Waals surface area (Å²) in [6, 6.07) is 16.1. The highest BCUT2D eigenvalue weighted by Crippen LogP contribution is 2.06. The van der Waals surface area contributed by atoms with Gasteiger partial charge in [0.1, 0.15) is 12.8 Å². The van der Waals surface area contributed by atoms with E-state index in [1.165, 1.54) is 5.56 Å². The standard InChI is InChI=1S/C16H16NO/c1-13-6-5-8-15(10-13)12-18-17-11-16-9-4-3-7-14(16)2/h3-10H,12H2,1-2H3. The molecule has 0 amide bonds. The Labute approximate surface area is 108 Å². The Balaban J connectivity index is 1.91. The third-order valence-corrected chi connectivity index (χ3v) is 2.69. The highest BCUT2D eigenvalue weighted by Gasteiger charge is 1.95. The smallest absolute Gasteiger partial charge is 0.142 e. The number of hydrogen-bond acceptors (Lipinski definition) is 2. The number of benzene rings is 2. The summed E-state index contributed by atoms with van der Waals surface area (Å²) in [6.07, 6.45) is 2.90. The van der Waals surface area contributed by atoms with Crippen molar-refractivity contribution in [3.8, 4) is 0 Å². The monoisotopic (exact) mass is 238 g/mol. The molecule has 2 nitrogen and oxygen atoms in total. The predicted octanol–water partition coefficient (Wildman–Crippen LogP) is 3.73. The van der Waals surface area contributed by atoms with Gasteiger partial charge < -0.3 is 4.84 Å². The molecule has 0 saturated heterocycles. The van der Waals surface area contributed by atoms with Gasteiger partial charge in [-0.2, -0.15) is 0 Å². The van der Waals surface area contributed by atoms with Crippen LogP contribution in [0.5, 0.6) is 0 Å². The van der Waals surface area contributed by atoms with Gasteiger partial charge >= 0.3 is 0 Å². The van der Waals surface area contributed by atoms with E-state index in [1.54, 1.807) is 0 Å². The Bertz CT molecular complexity index is 546. The summed E-state index contributed by atoms with van der Waals surface area (Å²) >= 11 is 0. The minimum Gasteiger partial charge on any atom is -0.390 e. The summed E-state index contributed by atoms with van der Waals surface area (Å²) in [6.45, 7) is 4.56. The molecule has 0 aromatic heterocycles. The summed E-state index contributed by atoms with van der Waals surface area (Å²) in [7, 11) is 0. The van der Waals surface area contributed by atoms with Crippen LogP contribution in [-0.2, 0) is 11.4 Å². The molecule has 1 radical (unpaired) electrons. The molecule has 0 aliphatic heterocycles. The van der Waals surface area contributed by atoms with E-state index >= 15 is 0 Å². The number of nitrogens with zero attached hydrogens (tertiary/aromatic N) is 1. The Hall–Kier alpha value is -2.09. The van der Waals surface area contributed by atoms with Gasteiger partial charge in [-0.05, 0) is 25.0 Å². The van der Waals surface area contributed by atoms with Crippen LogP contribution in [0, 0.1) is 13.8 Å². The lowest BCUT2D eigenvalue weighted by atomic mass is 10.1. The van der Waals surface area contributed by atoms with Crippen molar-refractivity contribution in [1.29, 1.82) is 0 Å². The van der Waals surface area contributed by atoms with Crippen LogP contribution in [0.3, 0.4) is 0 Å². The lowest BCUT2D eigenvalue weighted by molar-refractivity contribution is 0.132. The molecule has 0 N–H and O–H groups in total. The van der Waals surface area contributed by atoms with Gasteiger partial charge in [0.25, 0.3) is 0 Å². The van der Waals surface area contributed by atoms with Gasteiger partial charge in [0.05, 0.1) is 0 Å². The molecular formula is C16H16NO. The first-order valence-corrected chi connectivity index (χ1v) is 5.95. The highest BCUT2D eigenvalue weighted by molar-refractivity contribution is 5.81. The lowest BCUT2D eigenvalue weighted by Crippen LogP contribution is -1.90. The molecule has 0 atom stereocenters. The van der Waals surface area contributed by atoms with Crippen molar-refractivity contribution in [2.24, 2.45) is 5.16 Å². The molecule has 2 heteroatoms. The molecule has 0 saturated carbocycles. The maximum absolute atomic E-state index is 5.25. The van der Waals surface area contributed by atoms with E-state index in [1.807, 2.05) is 43.3 Å². The predicted molar refractivity (Wildman–Crippen MR) is 73.7 cm³/mol. The molecule has 91 valence electrons. The van der Waals surface area contributed by atoms with Crippen molar-refractivity contribution in [3.05, 3.63) is 70.8 Å². The Morgan fingerprint density at radius 2 is 1.89 bits per heavy atom. The van der Waals surface area contributed by atoms with Crippen LogP contribution in [0.25, 0.3) is 0 Å². The van der Waals surface area contributed by atoms with Crippen LogP contribution >= 0.6 is 0 Å². The lowest BCUT2D eigenvalue weighted by Gasteiger charge is -2.01. The van der Waals surface area contributed by atoms with E-state index < -0.39 is 0 Å². The van der Waals surface area contributed by atoms with E-state index in [2.05, 4.69) is 30.4 Å². The molecule has 18 heavy (non-hydrogen) atoms. The van der Waals surface area contributed by atoms with E-state index in [4.69, 9.17) is 4.84 Å². The SMILES string of the molecule is Cc1cccc(CO/N=[C]\c2ccccc2C)c1. The first-order valence-electron chi connectivity index (χ1n) is 5.95. The molecule has 2 aromatic carbocycles. The fourth-order valence-corrected chi connectivity index (χ4v) is 1.69. The topological polar surface area (TPSA) is 21.6 Å². The largest absolute Gasteiger partial charge is 0.390 e. The van der Waals surface area contributed by atoms with Gasteiger partial charge in [0.2, 0.25) is 0 Å². The number of hydrogen-bond donors (Lipinski definition) is 0. The zero-order valence-corrected chi connectivity index (χ0v) is 10.7. The van der Waals surface area contributed by atoms with E-state index in [0.717, 1.165) is 16.7 Å². The molecule has 0 fully saturated rings. The quantitative estimate of drug-likeness (QED) is 0.587. The molecule has 0 bridgehead atoms. The summed E-state index contributed by atoms with van der Waals surface area (Å²) in [4.78, 5) is 5.25. The van der Waals surface area contributed by atoms with Gasteiger partial charge in [-0.1, -0.05) is 59.3 Å². The molecule has 2 rings (SSSR count). The fraction of sp³-hybridized carbons (Fsp3) is 0.188. The molecule has 0 spiro atoms. The van der Waals surface area contributed by atoms with Crippen molar-refractivity contribution >= 4 is 6.21 Å². The van der Waals surface area contributed by atoms with Gasteiger partial charge in [0.15, 0.2) is 0 Å². The van der Waals surface area contributed by atoms with Gasteiger partial charge in [-0.25, -0.2) is 0 Å². The minimum absolute atomic E-state index is 0.473. The van der Waals surface area contributed by atoms with Crippen molar-refractivity contribution < 1.29 is 4.84 Å². The van der Waals surface area contributed by atoms with Crippen molar-refractivity contribution in [2.75, 3.05) is 0 Å². The Morgan fingerprint density at radius 3 is 2.67 bits per heavy atom. The molecule has 0 aliphatic rings. The maximum Gasteiger partial charge on any atom is 0.142 e. The fourth-order valence-electron chi connectivity index (χ4n) is 1.69. The maximum atomic E-state index is 5.25. The van der Waals surface area contributed by atoms with Crippen LogP contribution in [0.4, 0.5) is 0 Å². The van der Waals surface area contributed by atoms with Crippen molar-refractivity contribution in [1.82, 2.24) is 0 Å². The van der Waals surface area contributed by atoms with Crippen LogP contribution in [0.15, 0.2) is 53.7 Å². The van der Waals surface area contributed by atoms with Crippen LogP contribution in [-0.4, -0.2) is 6.21 Å². The summed E-state index contributed by atoms with van der Waals surface area (Å²) in [5.41, 5.74) is 4.44. The van der Waals surface area contributed by atoms with E-state index in [9.17, 15) is 0 Å². The zero-order valence-electron chi connectivity index (χ0n) is 10.7. The molecule has 0 aliphatic carbocycles. The van der Waals surface area contributed by atoms with E-state index in [-0.39, 0.29) is 0 Å². The Morgan fingerprint density at radius 1 is 1.06 bits per heavy atom. The molecule has 0 heterocycles. The van der Waals surface area contributed by atoms with Gasteiger partial charge in [-0.3, -0.25) is 0 Å². The minimum atomic E-state index is 0.473. The third kappa shape index (κ3) is 3.45. The van der Waals surface area contributed by atoms with E-state index in [0.29, 0.717) is 6.61 Å². The second kappa shape index (κ2) is 6.01. The highest BCUT2D eigenvalue weighted by atomic mass is 16.6. The molecular weight excluding hydrogens is 222 g/mol. The van der Waals surface area contributed by atoms with Crippen LogP contribution in [0.1, 0.15) is 22.3 Å². The molecule has 2 aromatic rings. The van der Waals surface area contributed by atoms with Crippen molar-refractivity contribution in [2.45, 2.75) is 20.5 Å². The summed E-state index contributed by atoms with van der Waals surface area (Å²) in [5.74, 6) is 0. The Kier molecular flexibility index (Phi) is 4.13. The second-order valence-electron chi connectivity index (χ2n) is 4.28. The van der Waals surface area contributed by atoms with Crippen LogP contribution < -0.4 is 0 Å². The first kappa shape index (κ1) is 12.4. The number of aryl methyl sites for hydroxylation is 2. The van der Waals surface area contributed by atoms with Crippen molar-refractivity contribution in [3.63, 3.8) is 0 Å². The normalized spacial score (nSPS) is 10.8. The van der Waals surface area contributed by atoms with Gasteiger partial charge in [-0.15, -0.1) is 0 Å². The average molecular weight is 238 g/mol. The van der Waals surface area contributed by atoms with Crippen LogP contribution in [0.2, 0.25) is 0 Å². The third-order valence-electron chi connectivity index (χ3n) is 2.69. The average Bonchev–Trinajstić information content (AvgIpc) is 2.37. The summed E-state index contributed by atoms with van der Waals surface area (Å²) < 4.78 is 0. The van der Waals surface area contributed by atoms with Gasteiger partial charge in [0, 0.05) is 5.56 Å². The molecule has 0 unspecified atom stereocenters. The summed E-state index contributed by atoms with van der Waals surface area (Å²) in [5, 5.41) is 3.88. The second-order valence-corrected chi connectivity index (χ2v) is 4.28.